The SMILES string of the molecule is Cl.NC(Cc1ccccc1)C1CC(Cc2ccccc2)C(=O)O1. The van der Waals surface area contributed by atoms with Crippen LogP contribution >= 0.6 is 12.4 Å². The van der Waals surface area contributed by atoms with Crippen LogP contribution in [0.2, 0.25) is 0 Å². The Morgan fingerprint density at radius 3 is 2.17 bits per heavy atom. The summed E-state index contributed by atoms with van der Waals surface area (Å²) in [5.41, 5.74) is 8.60. The summed E-state index contributed by atoms with van der Waals surface area (Å²) in [7, 11) is 0. The second kappa shape index (κ2) is 8.14. The van der Waals surface area contributed by atoms with Crippen molar-refractivity contribution in [1.29, 1.82) is 0 Å². The Morgan fingerprint density at radius 1 is 1.00 bits per heavy atom. The van der Waals surface area contributed by atoms with Crippen LogP contribution in [0, 0.1) is 5.92 Å². The Morgan fingerprint density at radius 2 is 1.57 bits per heavy atom. The highest BCUT2D eigenvalue weighted by Gasteiger charge is 2.37. The molecular formula is C19H22ClNO2. The van der Waals surface area contributed by atoms with Gasteiger partial charge in [-0.3, -0.25) is 4.79 Å². The molecule has 0 aromatic heterocycles. The van der Waals surface area contributed by atoms with Crippen molar-refractivity contribution >= 4 is 18.4 Å². The minimum atomic E-state index is -0.179. The maximum atomic E-state index is 12.1. The normalized spacial score (nSPS) is 21.3. The molecule has 0 radical (unpaired) electrons. The van der Waals surface area contributed by atoms with Crippen molar-refractivity contribution in [2.45, 2.75) is 31.4 Å². The predicted octanol–water partition coefficient (Wildman–Crippen LogP) is 3.15. The second-order valence-corrected chi connectivity index (χ2v) is 5.95. The lowest BCUT2D eigenvalue weighted by molar-refractivity contribution is -0.144. The first-order valence-corrected chi connectivity index (χ1v) is 7.76. The fourth-order valence-corrected chi connectivity index (χ4v) is 3.02. The van der Waals surface area contributed by atoms with Crippen molar-refractivity contribution < 1.29 is 9.53 Å². The fourth-order valence-electron chi connectivity index (χ4n) is 3.02. The molecule has 2 N–H and O–H groups in total. The summed E-state index contributed by atoms with van der Waals surface area (Å²) in [5.74, 6) is -0.188. The van der Waals surface area contributed by atoms with E-state index in [0.29, 0.717) is 6.42 Å². The third-order valence-electron chi connectivity index (χ3n) is 4.23. The number of halogens is 1. The molecule has 3 nitrogen and oxygen atoms in total. The number of carbonyl (C=O) groups is 1. The van der Waals surface area contributed by atoms with Gasteiger partial charge in [-0.2, -0.15) is 0 Å². The van der Waals surface area contributed by atoms with E-state index in [9.17, 15) is 4.79 Å². The number of carbonyl (C=O) groups excluding carboxylic acids is 1. The number of esters is 1. The largest absolute Gasteiger partial charge is 0.460 e. The quantitative estimate of drug-likeness (QED) is 0.856. The van der Waals surface area contributed by atoms with Gasteiger partial charge in [-0.25, -0.2) is 0 Å². The summed E-state index contributed by atoms with van der Waals surface area (Å²) in [5, 5.41) is 0. The van der Waals surface area contributed by atoms with Crippen LogP contribution in [0.3, 0.4) is 0 Å². The lowest BCUT2D eigenvalue weighted by atomic mass is 9.92. The van der Waals surface area contributed by atoms with E-state index >= 15 is 0 Å². The van der Waals surface area contributed by atoms with Crippen LogP contribution in [0.5, 0.6) is 0 Å². The average molecular weight is 332 g/mol. The van der Waals surface area contributed by atoms with Gasteiger partial charge in [-0.1, -0.05) is 60.7 Å². The van der Waals surface area contributed by atoms with Crippen LogP contribution in [0.4, 0.5) is 0 Å². The van der Waals surface area contributed by atoms with Crippen LogP contribution in [-0.2, 0) is 22.4 Å². The summed E-state index contributed by atoms with van der Waals surface area (Å²) < 4.78 is 5.52. The summed E-state index contributed by atoms with van der Waals surface area (Å²) in [6, 6.07) is 20.0. The van der Waals surface area contributed by atoms with Gasteiger partial charge in [-0.15, -0.1) is 12.4 Å². The van der Waals surface area contributed by atoms with E-state index in [1.54, 1.807) is 0 Å². The zero-order chi connectivity index (χ0) is 15.4. The van der Waals surface area contributed by atoms with Crippen molar-refractivity contribution in [1.82, 2.24) is 0 Å². The molecule has 1 aliphatic rings. The summed E-state index contributed by atoms with van der Waals surface area (Å²) >= 11 is 0. The molecule has 0 bridgehead atoms. The standard InChI is InChI=1S/C19H21NO2.ClH/c20-17(12-15-9-5-2-6-10-15)18-13-16(19(21)22-18)11-14-7-3-1-4-8-14;/h1-10,16-18H,11-13,20H2;1H. The van der Waals surface area contributed by atoms with Crippen molar-refractivity contribution in [3.8, 4) is 0 Å². The first kappa shape index (κ1) is 17.5. The number of hydrogen-bond acceptors (Lipinski definition) is 3. The lowest BCUT2D eigenvalue weighted by Gasteiger charge is -2.18. The van der Waals surface area contributed by atoms with Gasteiger partial charge in [0.05, 0.1) is 5.92 Å². The number of hydrogen-bond donors (Lipinski definition) is 1. The minimum Gasteiger partial charge on any atom is -0.460 e. The van der Waals surface area contributed by atoms with Crippen molar-refractivity contribution in [2.75, 3.05) is 0 Å². The first-order chi connectivity index (χ1) is 10.7. The molecule has 1 aliphatic heterocycles. The maximum Gasteiger partial charge on any atom is 0.309 e. The molecule has 1 heterocycles. The fraction of sp³-hybridized carbons (Fsp3) is 0.316. The maximum absolute atomic E-state index is 12.1. The summed E-state index contributed by atoms with van der Waals surface area (Å²) in [6.07, 6.45) is 1.99. The number of benzene rings is 2. The van der Waals surface area contributed by atoms with Crippen LogP contribution < -0.4 is 5.73 Å². The van der Waals surface area contributed by atoms with Gasteiger partial charge >= 0.3 is 5.97 Å². The molecule has 3 atom stereocenters. The smallest absolute Gasteiger partial charge is 0.309 e. The molecule has 0 saturated carbocycles. The van der Waals surface area contributed by atoms with Crippen LogP contribution in [-0.4, -0.2) is 18.1 Å². The van der Waals surface area contributed by atoms with Crippen LogP contribution in [0.15, 0.2) is 60.7 Å². The topological polar surface area (TPSA) is 52.3 Å². The van der Waals surface area contributed by atoms with E-state index in [0.717, 1.165) is 12.8 Å². The summed E-state index contributed by atoms with van der Waals surface area (Å²) in [4.78, 5) is 12.1. The zero-order valence-corrected chi connectivity index (χ0v) is 13.7. The monoisotopic (exact) mass is 331 g/mol. The van der Waals surface area contributed by atoms with Crippen molar-refractivity contribution in [3.05, 3.63) is 71.8 Å². The van der Waals surface area contributed by atoms with Gasteiger partial charge in [0, 0.05) is 6.04 Å². The molecule has 0 amide bonds. The highest BCUT2D eigenvalue weighted by molar-refractivity contribution is 5.85. The molecule has 3 rings (SSSR count). The highest BCUT2D eigenvalue weighted by atomic mass is 35.5. The number of rotatable bonds is 5. The average Bonchev–Trinajstić information content (AvgIpc) is 2.90. The predicted molar refractivity (Wildman–Crippen MR) is 93.5 cm³/mol. The van der Waals surface area contributed by atoms with Gasteiger partial charge in [0.15, 0.2) is 0 Å². The Bertz CT molecular complexity index is 618. The molecule has 2 aromatic carbocycles. The molecule has 23 heavy (non-hydrogen) atoms. The Kier molecular flexibility index (Phi) is 6.20. The van der Waals surface area contributed by atoms with E-state index in [1.807, 2.05) is 48.5 Å². The molecule has 0 spiro atoms. The molecule has 1 saturated heterocycles. The molecule has 3 unspecified atom stereocenters. The lowest BCUT2D eigenvalue weighted by Crippen LogP contribution is -2.36. The third-order valence-corrected chi connectivity index (χ3v) is 4.23. The van der Waals surface area contributed by atoms with Gasteiger partial charge in [-0.05, 0) is 30.4 Å². The van der Waals surface area contributed by atoms with Gasteiger partial charge < -0.3 is 10.5 Å². The van der Waals surface area contributed by atoms with E-state index in [2.05, 4.69) is 12.1 Å². The number of cyclic esters (lactones) is 1. The van der Waals surface area contributed by atoms with Gasteiger partial charge in [0.2, 0.25) is 0 Å². The van der Waals surface area contributed by atoms with E-state index in [4.69, 9.17) is 10.5 Å². The molecule has 122 valence electrons. The van der Waals surface area contributed by atoms with Gasteiger partial charge in [0.1, 0.15) is 6.10 Å². The highest BCUT2D eigenvalue weighted by Crippen LogP contribution is 2.27. The molecule has 1 fully saturated rings. The van der Waals surface area contributed by atoms with Crippen molar-refractivity contribution in [2.24, 2.45) is 11.7 Å². The Balaban J connectivity index is 0.00000192. The summed E-state index contributed by atoms with van der Waals surface area (Å²) in [6.45, 7) is 0. The van der Waals surface area contributed by atoms with E-state index in [-0.39, 0.29) is 36.4 Å². The third kappa shape index (κ3) is 4.57. The molecule has 0 aliphatic carbocycles. The number of nitrogens with two attached hydrogens (primary N) is 1. The Labute approximate surface area is 143 Å². The van der Waals surface area contributed by atoms with Crippen LogP contribution in [0.25, 0.3) is 0 Å². The molecule has 2 aromatic rings. The first-order valence-electron chi connectivity index (χ1n) is 7.76. The van der Waals surface area contributed by atoms with Crippen molar-refractivity contribution in [3.63, 3.8) is 0 Å². The second-order valence-electron chi connectivity index (χ2n) is 5.95. The van der Waals surface area contributed by atoms with Crippen LogP contribution in [0.1, 0.15) is 17.5 Å². The van der Waals surface area contributed by atoms with Gasteiger partial charge in [0.25, 0.3) is 0 Å². The van der Waals surface area contributed by atoms with E-state index < -0.39 is 0 Å². The number of ether oxygens (including phenoxy) is 1. The zero-order valence-electron chi connectivity index (χ0n) is 12.9. The Hall–Kier alpha value is -1.84. The minimum absolute atomic E-state index is 0. The van der Waals surface area contributed by atoms with E-state index in [1.165, 1.54) is 11.1 Å². The molecular weight excluding hydrogens is 310 g/mol. The molecule has 4 heteroatoms.